The molecule has 0 unspecified atom stereocenters. The van der Waals surface area contributed by atoms with E-state index in [1.165, 1.54) is 12.1 Å². The summed E-state index contributed by atoms with van der Waals surface area (Å²) < 4.78 is 13.3. The number of likely N-dealkylation sites (tertiary alicyclic amines) is 1. The number of carboxylic acids is 1. The molecule has 0 atom stereocenters. The van der Waals surface area contributed by atoms with Gasteiger partial charge in [-0.2, -0.15) is 0 Å². The smallest absolute Gasteiger partial charge is 0.309 e. The Morgan fingerprint density at radius 2 is 1.90 bits per heavy atom. The van der Waals surface area contributed by atoms with Gasteiger partial charge < -0.3 is 10.0 Å². The van der Waals surface area contributed by atoms with Crippen molar-refractivity contribution in [3.05, 3.63) is 35.1 Å². The third-order valence-corrected chi connectivity index (χ3v) is 4.10. The summed E-state index contributed by atoms with van der Waals surface area (Å²) in [5, 5.41) is 9.17. The van der Waals surface area contributed by atoms with E-state index in [-0.39, 0.29) is 5.91 Å². The second-order valence-corrected chi connectivity index (χ2v) is 5.62. The van der Waals surface area contributed by atoms with Crippen LogP contribution in [0.4, 0.5) is 4.39 Å². The molecule has 0 saturated carbocycles. The Morgan fingerprint density at radius 3 is 2.45 bits per heavy atom. The van der Waals surface area contributed by atoms with Crippen LogP contribution in [0.3, 0.4) is 0 Å². The van der Waals surface area contributed by atoms with Crippen molar-refractivity contribution in [3.8, 4) is 0 Å². The van der Waals surface area contributed by atoms with E-state index in [0.29, 0.717) is 31.5 Å². The van der Waals surface area contributed by atoms with Gasteiger partial charge in [0.1, 0.15) is 5.82 Å². The minimum Gasteiger partial charge on any atom is -0.481 e. The van der Waals surface area contributed by atoms with Crippen molar-refractivity contribution in [2.24, 2.45) is 5.41 Å². The van der Waals surface area contributed by atoms with Crippen molar-refractivity contribution >= 4 is 11.9 Å². The molecule has 1 fully saturated rings. The molecule has 0 spiro atoms. The summed E-state index contributed by atoms with van der Waals surface area (Å²) in [5.41, 5.74) is 0.306. The predicted molar refractivity (Wildman–Crippen MR) is 72.0 cm³/mol. The second kappa shape index (κ2) is 5.23. The van der Waals surface area contributed by atoms with Crippen molar-refractivity contribution in [1.29, 1.82) is 0 Å². The highest BCUT2D eigenvalue weighted by Gasteiger charge is 2.38. The number of benzene rings is 1. The van der Waals surface area contributed by atoms with E-state index in [0.717, 1.165) is 5.56 Å². The van der Waals surface area contributed by atoms with Gasteiger partial charge in [0.2, 0.25) is 0 Å². The summed E-state index contributed by atoms with van der Waals surface area (Å²) >= 11 is 0. The van der Waals surface area contributed by atoms with E-state index in [1.807, 2.05) is 0 Å². The molecule has 0 aliphatic carbocycles. The quantitative estimate of drug-likeness (QED) is 0.904. The maximum Gasteiger partial charge on any atom is 0.309 e. The number of amides is 1. The van der Waals surface area contributed by atoms with Crippen LogP contribution in [-0.2, 0) is 4.79 Å². The van der Waals surface area contributed by atoms with Gasteiger partial charge in [0.25, 0.3) is 5.91 Å². The summed E-state index contributed by atoms with van der Waals surface area (Å²) in [7, 11) is 0. The van der Waals surface area contributed by atoms with Crippen molar-refractivity contribution in [1.82, 2.24) is 4.90 Å². The molecule has 1 aliphatic rings. The van der Waals surface area contributed by atoms with E-state index in [9.17, 15) is 14.0 Å². The Kier molecular flexibility index (Phi) is 3.79. The van der Waals surface area contributed by atoms with E-state index >= 15 is 0 Å². The number of carbonyl (C=O) groups excluding carboxylic acids is 1. The molecule has 0 bridgehead atoms. The highest BCUT2D eigenvalue weighted by molar-refractivity contribution is 5.95. The lowest BCUT2D eigenvalue weighted by molar-refractivity contribution is -0.150. The summed E-state index contributed by atoms with van der Waals surface area (Å²) in [6.07, 6.45) is 0.838. The van der Waals surface area contributed by atoms with Crippen LogP contribution in [0.2, 0.25) is 0 Å². The third kappa shape index (κ3) is 2.66. The molecular formula is C15H18FNO3. The summed E-state index contributed by atoms with van der Waals surface area (Å²) in [6.45, 7) is 4.23. The van der Waals surface area contributed by atoms with Crippen molar-refractivity contribution < 1.29 is 19.1 Å². The molecule has 1 saturated heterocycles. The standard InChI is InChI=1S/C15H18FNO3/c1-10-3-4-11(16)9-12(10)13(18)17-7-5-15(2,6-8-17)14(19)20/h3-4,9H,5-8H2,1-2H3,(H,19,20). The zero-order valence-electron chi connectivity index (χ0n) is 11.6. The zero-order valence-corrected chi connectivity index (χ0v) is 11.6. The molecule has 4 nitrogen and oxygen atoms in total. The number of nitrogens with zero attached hydrogens (tertiary/aromatic N) is 1. The van der Waals surface area contributed by atoms with Crippen LogP contribution in [0.5, 0.6) is 0 Å². The van der Waals surface area contributed by atoms with Gasteiger partial charge in [-0.3, -0.25) is 9.59 Å². The van der Waals surface area contributed by atoms with E-state index < -0.39 is 17.2 Å². The predicted octanol–water partition coefficient (Wildman–Crippen LogP) is 2.46. The Balaban J connectivity index is 2.13. The normalized spacial score (nSPS) is 17.9. The fourth-order valence-electron chi connectivity index (χ4n) is 2.41. The lowest BCUT2D eigenvalue weighted by Crippen LogP contribution is -2.45. The largest absolute Gasteiger partial charge is 0.481 e. The van der Waals surface area contributed by atoms with Crippen LogP contribution < -0.4 is 0 Å². The maximum absolute atomic E-state index is 13.3. The highest BCUT2D eigenvalue weighted by Crippen LogP contribution is 2.31. The SMILES string of the molecule is Cc1ccc(F)cc1C(=O)N1CCC(C)(C(=O)O)CC1. The van der Waals surface area contributed by atoms with E-state index in [4.69, 9.17) is 5.11 Å². The number of carbonyl (C=O) groups is 2. The monoisotopic (exact) mass is 279 g/mol. The first kappa shape index (κ1) is 14.5. The van der Waals surface area contributed by atoms with Crippen LogP contribution >= 0.6 is 0 Å². The highest BCUT2D eigenvalue weighted by atomic mass is 19.1. The van der Waals surface area contributed by atoms with Gasteiger partial charge in [-0.05, 0) is 44.4 Å². The molecule has 1 amide bonds. The molecule has 1 aromatic carbocycles. The first-order valence-electron chi connectivity index (χ1n) is 6.62. The molecule has 0 radical (unpaired) electrons. The molecule has 2 rings (SSSR count). The summed E-state index contributed by atoms with van der Waals surface area (Å²) in [6, 6.07) is 4.14. The average Bonchev–Trinajstić information content (AvgIpc) is 2.41. The molecule has 1 aromatic rings. The summed E-state index contributed by atoms with van der Waals surface area (Å²) in [4.78, 5) is 25.1. The zero-order chi connectivity index (χ0) is 14.9. The fraction of sp³-hybridized carbons (Fsp3) is 0.467. The molecule has 0 aromatic heterocycles. The van der Waals surface area contributed by atoms with Gasteiger partial charge in [0.15, 0.2) is 0 Å². The Bertz CT molecular complexity index is 548. The van der Waals surface area contributed by atoms with Crippen molar-refractivity contribution in [2.45, 2.75) is 26.7 Å². The van der Waals surface area contributed by atoms with Crippen LogP contribution in [0.1, 0.15) is 35.7 Å². The number of aryl methyl sites for hydroxylation is 1. The fourth-order valence-corrected chi connectivity index (χ4v) is 2.41. The van der Waals surface area contributed by atoms with Crippen LogP contribution in [0.25, 0.3) is 0 Å². The van der Waals surface area contributed by atoms with Gasteiger partial charge in [0, 0.05) is 18.7 Å². The first-order chi connectivity index (χ1) is 9.33. The minimum absolute atomic E-state index is 0.227. The first-order valence-corrected chi connectivity index (χ1v) is 6.62. The number of carboxylic acid groups (broad SMARTS) is 1. The van der Waals surface area contributed by atoms with Crippen molar-refractivity contribution in [3.63, 3.8) is 0 Å². The number of rotatable bonds is 2. The minimum atomic E-state index is -0.827. The third-order valence-electron chi connectivity index (χ3n) is 4.10. The van der Waals surface area contributed by atoms with Gasteiger partial charge >= 0.3 is 5.97 Å². The van der Waals surface area contributed by atoms with E-state index in [1.54, 1.807) is 24.8 Å². The number of hydrogen-bond donors (Lipinski definition) is 1. The number of halogens is 1. The molecule has 20 heavy (non-hydrogen) atoms. The van der Waals surface area contributed by atoms with Crippen molar-refractivity contribution in [2.75, 3.05) is 13.1 Å². The molecule has 108 valence electrons. The van der Waals surface area contributed by atoms with Crippen LogP contribution in [-0.4, -0.2) is 35.0 Å². The number of hydrogen-bond acceptors (Lipinski definition) is 2. The lowest BCUT2D eigenvalue weighted by atomic mass is 9.80. The lowest BCUT2D eigenvalue weighted by Gasteiger charge is -2.36. The molecule has 1 heterocycles. The van der Waals surface area contributed by atoms with Gasteiger partial charge in [-0.1, -0.05) is 6.07 Å². The van der Waals surface area contributed by atoms with Gasteiger partial charge in [-0.25, -0.2) is 4.39 Å². The topological polar surface area (TPSA) is 57.6 Å². The van der Waals surface area contributed by atoms with Gasteiger partial charge in [-0.15, -0.1) is 0 Å². The molecule has 1 aliphatic heterocycles. The average molecular weight is 279 g/mol. The Hall–Kier alpha value is -1.91. The number of piperidine rings is 1. The Labute approximate surface area is 117 Å². The maximum atomic E-state index is 13.3. The van der Waals surface area contributed by atoms with E-state index in [2.05, 4.69) is 0 Å². The van der Waals surface area contributed by atoms with Gasteiger partial charge in [0.05, 0.1) is 5.41 Å². The second-order valence-electron chi connectivity index (χ2n) is 5.62. The Morgan fingerprint density at radius 1 is 1.30 bits per heavy atom. The van der Waals surface area contributed by atoms with Crippen LogP contribution in [0.15, 0.2) is 18.2 Å². The number of aliphatic carboxylic acids is 1. The summed E-state index contributed by atoms with van der Waals surface area (Å²) in [5.74, 6) is -1.49. The molecule has 5 heteroatoms. The molecule has 1 N–H and O–H groups in total. The molecular weight excluding hydrogens is 261 g/mol. The van der Waals surface area contributed by atoms with Crippen LogP contribution in [0, 0.1) is 18.2 Å².